The zero-order valence-electron chi connectivity index (χ0n) is 8.33. The molecule has 0 amide bonds. The van der Waals surface area contributed by atoms with Gasteiger partial charge in [0, 0.05) is 22.7 Å². The smallest absolute Gasteiger partial charge is 0.0810 e. The minimum absolute atomic E-state index is 0.337. The quantitative estimate of drug-likeness (QED) is 0.765. The number of aromatic nitrogens is 1. The summed E-state index contributed by atoms with van der Waals surface area (Å²) in [4.78, 5) is 3.17. The largest absolute Gasteiger partial charge is 0.388 e. The van der Waals surface area contributed by atoms with E-state index < -0.39 is 0 Å². The van der Waals surface area contributed by atoms with Crippen LogP contribution in [-0.4, -0.2) is 10.1 Å². The van der Waals surface area contributed by atoms with E-state index in [1.807, 2.05) is 30.5 Å². The van der Waals surface area contributed by atoms with E-state index in [4.69, 9.17) is 0 Å². The van der Waals surface area contributed by atoms with Crippen molar-refractivity contribution in [2.24, 2.45) is 0 Å². The SMILES string of the molecule is CCCC(O)c1c[nH]c2ccccc12. The van der Waals surface area contributed by atoms with E-state index in [1.165, 1.54) is 0 Å². The first-order valence-corrected chi connectivity index (χ1v) is 5.07. The number of aliphatic hydroxyl groups is 1. The lowest BCUT2D eigenvalue weighted by molar-refractivity contribution is 0.168. The highest BCUT2D eigenvalue weighted by Crippen LogP contribution is 2.26. The van der Waals surface area contributed by atoms with Crippen molar-refractivity contribution in [3.8, 4) is 0 Å². The Kier molecular flexibility index (Phi) is 2.55. The average molecular weight is 189 g/mol. The molecule has 1 aromatic heterocycles. The Bertz CT molecular complexity index is 419. The van der Waals surface area contributed by atoms with E-state index in [-0.39, 0.29) is 6.10 Å². The Labute approximate surface area is 83.6 Å². The van der Waals surface area contributed by atoms with Crippen molar-refractivity contribution in [3.05, 3.63) is 36.0 Å². The Morgan fingerprint density at radius 1 is 1.36 bits per heavy atom. The molecule has 0 fully saturated rings. The fourth-order valence-corrected chi connectivity index (χ4v) is 1.80. The summed E-state index contributed by atoms with van der Waals surface area (Å²) in [6, 6.07) is 8.06. The summed E-state index contributed by atoms with van der Waals surface area (Å²) in [6.07, 6.45) is 3.39. The van der Waals surface area contributed by atoms with Crippen LogP contribution in [0.1, 0.15) is 31.4 Å². The van der Waals surface area contributed by atoms with E-state index in [0.717, 1.165) is 29.3 Å². The van der Waals surface area contributed by atoms with Crippen LogP contribution in [0.5, 0.6) is 0 Å². The van der Waals surface area contributed by atoms with Crippen LogP contribution >= 0.6 is 0 Å². The lowest BCUT2D eigenvalue weighted by Crippen LogP contribution is -1.94. The van der Waals surface area contributed by atoms with Gasteiger partial charge in [-0.15, -0.1) is 0 Å². The number of rotatable bonds is 3. The molecule has 2 heteroatoms. The van der Waals surface area contributed by atoms with Crippen LogP contribution in [0.2, 0.25) is 0 Å². The maximum absolute atomic E-state index is 9.89. The molecule has 0 spiro atoms. The highest BCUT2D eigenvalue weighted by atomic mass is 16.3. The van der Waals surface area contributed by atoms with Crippen LogP contribution in [0.25, 0.3) is 10.9 Å². The van der Waals surface area contributed by atoms with Gasteiger partial charge in [-0.2, -0.15) is 0 Å². The van der Waals surface area contributed by atoms with Crippen molar-refractivity contribution in [2.45, 2.75) is 25.9 Å². The molecule has 74 valence electrons. The number of aliphatic hydroxyl groups excluding tert-OH is 1. The maximum atomic E-state index is 9.89. The molecule has 0 saturated carbocycles. The predicted molar refractivity (Wildman–Crippen MR) is 58.2 cm³/mol. The van der Waals surface area contributed by atoms with Gasteiger partial charge in [0.15, 0.2) is 0 Å². The van der Waals surface area contributed by atoms with Gasteiger partial charge < -0.3 is 10.1 Å². The first-order chi connectivity index (χ1) is 6.83. The fraction of sp³-hybridized carbons (Fsp3) is 0.333. The summed E-state index contributed by atoms with van der Waals surface area (Å²) in [5, 5.41) is 11.0. The standard InChI is InChI=1S/C12H15NO/c1-2-5-12(14)10-8-13-11-7-4-3-6-9(10)11/h3-4,6-8,12-14H,2,5H2,1H3. The third-order valence-electron chi connectivity index (χ3n) is 2.54. The molecule has 1 heterocycles. The minimum Gasteiger partial charge on any atom is -0.388 e. The summed E-state index contributed by atoms with van der Waals surface area (Å²) in [7, 11) is 0. The molecule has 1 aromatic carbocycles. The van der Waals surface area contributed by atoms with Gasteiger partial charge in [0.05, 0.1) is 6.10 Å². The molecule has 2 N–H and O–H groups in total. The fourth-order valence-electron chi connectivity index (χ4n) is 1.80. The molecule has 0 aliphatic carbocycles. The highest BCUT2D eigenvalue weighted by Gasteiger charge is 2.10. The zero-order chi connectivity index (χ0) is 9.97. The van der Waals surface area contributed by atoms with E-state index >= 15 is 0 Å². The van der Waals surface area contributed by atoms with Crippen LogP contribution in [-0.2, 0) is 0 Å². The second kappa shape index (κ2) is 3.84. The van der Waals surface area contributed by atoms with Crippen LogP contribution in [0.4, 0.5) is 0 Å². The van der Waals surface area contributed by atoms with Gasteiger partial charge in [0.25, 0.3) is 0 Å². The van der Waals surface area contributed by atoms with E-state index in [0.29, 0.717) is 0 Å². The van der Waals surface area contributed by atoms with Crippen LogP contribution in [0.3, 0.4) is 0 Å². The maximum Gasteiger partial charge on any atom is 0.0810 e. The van der Waals surface area contributed by atoms with Crippen molar-refractivity contribution in [1.29, 1.82) is 0 Å². The first-order valence-electron chi connectivity index (χ1n) is 5.07. The third kappa shape index (κ3) is 1.53. The monoisotopic (exact) mass is 189 g/mol. The highest BCUT2D eigenvalue weighted by molar-refractivity contribution is 5.83. The Balaban J connectivity index is 2.42. The number of hydrogen-bond acceptors (Lipinski definition) is 1. The van der Waals surface area contributed by atoms with Crippen molar-refractivity contribution in [2.75, 3.05) is 0 Å². The number of aromatic amines is 1. The molecule has 0 aliphatic rings. The van der Waals surface area contributed by atoms with E-state index in [2.05, 4.69) is 11.9 Å². The number of nitrogens with one attached hydrogen (secondary N) is 1. The van der Waals surface area contributed by atoms with Gasteiger partial charge in [-0.1, -0.05) is 31.5 Å². The molecule has 0 aliphatic heterocycles. The number of fused-ring (bicyclic) bond motifs is 1. The molecule has 1 unspecified atom stereocenters. The molecule has 0 bridgehead atoms. The van der Waals surface area contributed by atoms with Gasteiger partial charge in [-0.25, -0.2) is 0 Å². The number of para-hydroxylation sites is 1. The van der Waals surface area contributed by atoms with Crippen molar-refractivity contribution in [1.82, 2.24) is 4.98 Å². The van der Waals surface area contributed by atoms with Crippen molar-refractivity contribution in [3.63, 3.8) is 0 Å². The molecule has 1 atom stereocenters. The summed E-state index contributed by atoms with van der Waals surface area (Å²) in [5.74, 6) is 0. The van der Waals surface area contributed by atoms with Crippen LogP contribution in [0, 0.1) is 0 Å². The second-order valence-electron chi connectivity index (χ2n) is 3.59. The van der Waals surface area contributed by atoms with E-state index in [9.17, 15) is 5.11 Å². The Morgan fingerprint density at radius 3 is 2.93 bits per heavy atom. The van der Waals surface area contributed by atoms with Crippen molar-refractivity contribution < 1.29 is 5.11 Å². The predicted octanol–water partition coefficient (Wildman–Crippen LogP) is 3.00. The van der Waals surface area contributed by atoms with Gasteiger partial charge in [0.1, 0.15) is 0 Å². The normalized spacial score (nSPS) is 13.3. The van der Waals surface area contributed by atoms with Gasteiger partial charge in [-0.3, -0.25) is 0 Å². The second-order valence-corrected chi connectivity index (χ2v) is 3.59. The number of benzene rings is 1. The number of H-pyrrole nitrogens is 1. The molecular formula is C12H15NO. The minimum atomic E-state index is -0.337. The third-order valence-corrected chi connectivity index (χ3v) is 2.54. The van der Waals surface area contributed by atoms with Crippen LogP contribution < -0.4 is 0 Å². The molecule has 2 aromatic rings. The molecule has 0 radical (unpaired) electrons. The first kappa shape index (κ1) is 9.28. The average Bonchev–Trinajstić information content (AvgIpc) is 2.61. The van der Waals surface area contributed by atoms with E-state index in [1.54, 1.807) is 0 Å². The van der Waals surface area contributed by atoms with Crippen molar-refractivity contribution >= 4 is 10.9 Å². The Morgan fingerprint density at radius 2 is 2.14 bits per heavy atom. The topological polar surface area (TPSA) is 36.0 Å². The van der Waals surface area contributed by atoms with Gasteiger partial charge >= 0.3 is 0 Å². The van der Waals surface area contributed by atoms with Gasteiger partial charge in [-0.05, 0) is 12.5 Å². The van der Waals surface area contributed by atoms with Crippen LogP contribution in [0.15, 0.2) is 30.5 Å². The summed E-state index contributed by atoms with van der Waals surface area (Å²) in [5.41, 5.74) is 2.11. The summed E-state index contributed by atoms with van der Waals surface area (Å²) >= 11 is 0. The Hall–Kier alpha value is -1.28. The summed E-state index contributed by atoms with van der Waals surface area (Å²) in [6.45, 7) is 2.08. The zero-order valence-corrected chi connectivity index (χ0v) is 8.33. The molecular weight excluding hydrogens is 174 g/mol. The molecule has 2 rings (SSSR count). The van der Waals surface area contributed by atoms with Gasteiger partial charge in [0.2, 0.25) is 0 Å². The molecule has 2 nitrogen and oxygen atoms in total. The lowest BCUT2D eigenvalue weighted by atomic mass is 10.0. The summed E-state index contributed by atoms with van der Waals surface area (Å²) < 4.78 is 0. The molecule has 14 heavy (non-hydrogen) atoms. The number of hydrogen-bond donors (Lipinski definition) is 2. The molecule has 0 saturated heterocycles. The lowest BCUT2D eigenvalue weighted by Gasteiger charge is -2.07.